The monoisotopic (exact) mass is 500 g/mol. The molecule has 11 heteroatoms. The number of Topliss-reactive ketones (excluding diaryl/α,β-unsaturated/α-hetero) is 1. The summed E-state index contributed by atoms with van der Waals surface area (Å²) < 4.78 is 74.1. The van der Waals surface area contributed by atoms with Crippen LogP contribution in [0.15, 0.2) is 42.6 Å². The summed E-state index contributed by atoms with van der Waals surface area (Å²) in [6.45, 7) is 3.92. The Labute approximate surface area is 199 Å². The molecule has 0 aliphatic carbocycles. The second-order valence-corrected chi connectivity index (χ2v) is 9.26. The highest BCUT2D eigenvalue weighted by molar-refractivity contribution is 5.88. The van der Waals surface area contributed by atoms with E-state index in [9.17, 15) is 31.5 Å². The van der Waals surface area contributed by atoms with Crippen LogP contribution in [-0.2, 0) is 16.0 Å². The maximum Gasteiger partial charge on any atom is 0.573 e. The van der Waals surface area contributed by atoms with Crippen molar-refractivity contribution in [2.24, 2.45) is 0 Å². The van der Waals surface area contributed by atoms with Crippen LogP contribution in [-0.4, -0.2) is 52.2 Å². The van der Waals surface area contributed by atoms with Gasteiger partial charge in [-0.2, -0.15) is 0 Å². The molecule has 3 rings (SSSR count). The number of rotatable bonds is 6. The lowest BCUT2D eigenvalue weighted by Gasteiger charge is -2.27. The smallest absolute Gasteiger partial charge is 0.444 e. The van der Waals surface area contributed by atoms with Gasteiger partial charge in [0.1, 0.15) is 11.4 Å². The molecule has 0 unspecified atom stereocenters. The lowest BCUT2D eigenvalue weighted by Crippen LogP contribution is -2.43. The van der Waals surface area contributed by atoms with E-state index in [0.29, 0.717) is 16.8 Å². The number of halogens is 5. The predicted octanol–water partition coefficient (Wildman–Crippen LogP) is 5.79. The minimum absolute atomic E-state index is 0.130. The number of carbonyl (C=O) groups is 2. The molecule has 0 radical (unpaired) electrons. The first-order valence-electron chi connectivity index (χ1n) is 10.8. The Kier molecular flexibility index (Phi) is 7.37. The van der Waals surface area contributed by atoms with E-state index in [1.807, 2.05) is 0 Å². The molecule has 1 fully saturated rings. The zero-order valence-electron chi connectivity index (χ0n) is 19.4. The molecule has 1 aliphatic rings. The Balaban J connectivity index is 1.66. The summed E-state index contributed by atoms with van der Waals surface area (Å²) >= 11 is 0. The largest absolute Gasteiger partial charge is 0.573 e. The minimum Gasteiger partial charge on any atom is -0.444 e. The fourth-order valence-corrected chi connectivity index (χ4v) is 3.68. The third-order valence-electron chi connectivity index (χ3n) is 5.13. The lowest BCUT2D eigenvalue weighted by molar-refractivity contribution is -0.274. The number of ketones is 1. The van der Waals surface area contributed by atoms with Crippen molar-refractivity contribution in [3.63, 3.8) is 0 Å². The third kappa shape index (κ3) is 7.63. The van der Waals surface area contributed by atoms with Crippen molar-refractivity contribution >= 4 is 11.9 Å². The summed E-state index contributed by atoms with van der Waals surface area (Å²) in [6, 6.07) is 7.25. The number of pyridine rings is 1. The normalized spacial score (nSPS) is 17.8. The first-order chi connectivity index (χ1) is 16.1. The van der Waals surface area contributed by atoms with Crippen molar-refractivity contribution in [1.82, 2.24) is 9.88 Å². The third-order valence-corrected chi connectivity index (χ3v) is 5.13. The average Bonchev–Trinajstić information content (AvgIpc) is 3.06. The van der Waals surface area contributed by atoms with Crippen LogP contribution >= 0.6 is 0 Å². The van der Waals surface area contributed by atoms with Gasteiger partial charge in [0.25, 0.3) is 5.92 Å². The molecule has 1 saturated heterocycles. The SMILES string of the molecule is CC(C)(C)OC(=O)N1CC(F)(F)C[C@H]1C(=O)CCc1cc(-c2ccc(OC(F)(F)F)cc2)ccn1. The van der Waals surface area contributed by atoms with Gasteiger partial charge >= 0.3 is 12.5 Å². The fourth-order valence-electron chi connectivity index (χ4n) is 3.68. The highest BCUT2D eigenvalue weighted by Gasteiger charge is 2.50. The molecule has 0 bridgehead atoms. The summed E-state index contributed by atoms with van der Waals surface area (Å²) in [5, 5.41) is 0. The molecule has 190 valence electrons. The van der Waals surface area contributed by atoms with Gasteiger partial charge in [-0.3, -0.25) is 14.7 Å². The highest BCUT2D eigenvalue weighted by atomic mass is 19.4. The van der Waals surface area contributed by atoms with Crippen molar-refractivity contribution in [2.45, 2.75) is 64.0 Å². The molecule has 35 heavy (non-hydrogen) atoms. The van der Waals surface area contributed by atoms with Gasteiger partial charge < -0.3 is 9.47 Å². The van der Waals surface area contributed by atoms with E-state index in [2.05, 4.69) is 9.72 Å². The van der Waals surface area contributed by atoms with Gasteiger partial charge in [0.05, 0.1) is 12.6 Å². The molecule has 2 aromatic rings. The zero-order valence-corrected chi connectivity index (χ0v) is 19.4. The molecule has 0 N–H and O–H groups in total. The van der Waals surface area contributed by atoms with Gasteiger partial charge in [-0.1, -0.05) is 12.1 Å². The van der Waals surface area contributed by atoms with Gasteiger partial charge in [0.15, 0.2) is 5.78 Å². The quantitative estimate of drug-likeness (QED) is 0.470. The molecule has 1 aromatic heterocycles. The van der Waals surface area contributed by atoms with Gasteiger partial charge in [-0.15, -0.1) is 13.2 Å². The zero-order chi connectivity index (χ0) is 26.0. The number of likely N-dealkylation sites (tertiary alicyclic amines) is 1. The topological polar surface area (TPSA) is 68.7 Å². The number of ether oxygens (including phenoxy) is 2. The van der Waals surface area contributed by atoms with Crippen LogP contribution in [0.25, 0.3) is 11.1 Å². The Morgan fingerprint density at radius 2 is 1.74 bits per heavy atom. The maximum absolute atomic E-state index is 14.0. The van der Waals surface area contributed by atoms with Crippen LogP contribution < -0.4 is 4.74 Å². The van der Waals surface area contributed by atoms with Crippen LogP contribution in [0.4, 0.5) is 26.7 Å². The van der Waals surface area contributed by atoms with Gasteiger partial charge in [0, 0.05) is 24.7 Å². The Morgan fingerprint density at radius 1 is 1.09 bits per heavy atom. The molecule has 0 spiro atoms. The molecule has 0 saturated carbocycles. The standard InChI is InChI=1S/C24H25F5N2O4/c1-22(2,3)35-21(33)31-14-23(25,26)13-19(31)20(32)9-6-17-12-16(10-11-30-17)15-4-7-18(8-5-15)34-24(27,28)29/h4-5,7-8,10-12,19H,6,9,13-14H2,1-3H3/t19-/m0/s1. The second kappa shape index (κ2) is 9.79. The first-order valence-corrected chi connectivity index (χ1v) is 10.8. The van der Waals surface area contributed by atoms with E-state index in [1.165, 1.54) is 30.5 Å². The Bertz CT molecular complexity index is 1060. The number of hydrogen-bond acceptors (Lipinski definition) is 5. The van der Waals surface area contributed by atoms with Crippen molar-refractivity contribution in [1.29, 1.82) is 0 Å². The van der Waals surface area contributed by atoms with E-state index in [0.717, 1.165) is 4.90 Å². The molecule has 1 atom stereocenters. The Morgan fingerprint density at radius 3 is 2.34 bits per heavy atom. The average molecular weight is 500 g/mol. The summed E-state index contributed by atoms with van der Waals surface area (Å²) in [4.78, 5) is 30.1. The predicted molar refractivity (Wildman–Crippen MR) is 116 cm³/mol. The van der Waals surface area contributed by atoms with Crippen LogP contribution in [0.3, 0.4) is 0 Å². The lowest BCUT2D eigenvalue weighted by atomic mass is 10.0. The molecule has 1 amide bonds. The van der Waals surface area contributed by atoms with Crippen molar-refractivity contribution in [3.8, 4) is 16.9 Å². The van der Waals surface area contributed by atoms with E-state index in [4.69, 9.17) is 4.74 Å². The fraction of sp³-hybridized carbons (Fsp3) is 0.458. The van der Waals surface area contributed by atoms with Crippen LogP contribution in [0.2, 0.25) is 0 Å². The molecule has 6 nitrogen and oxygen atoms in total. The van der Waals surface area contributed by atoms with E-state index in [-0.39, 0.29) is 18.6 Å². The number of aryl methyl sites for hydroxylation is 1. The van der Waals surface area contributed by atoms with E-state index < -0.39 is 48.8 Å². The van der Waals surface area contributed by atoms with Crippen LogP contribution in [0, 0.1) is 0 Å². The first kappa shape index (κ1) is 26.4. The summed E-state index contributed by atoms with van der Waals surface area (Å²) in [5.74, 6) is -4.09. The summed E-state index contributed by atoms with van der Waals surface area (Å²) in [7, 11) is 0. The Hall–Kier alpha value is -3.24. The van der Waals surface area contributed by atoms with Crippen molar-refractivity contribution in [2.75, 3.05) is 6.54 Å². The molecular formula is C24H25F5N2O4. The number of alkyl halides is 5. The number of aromatic nitrogens is 1. The van der Waals surface area contributed by atoms with Crippen molar-refractivity contribution in [3.05, 3.63) is 48.3 Å². The molecule has 1 aromatic carbocycles. The maximum atomic E-state index is 14.0. The van der Waals surface area contributed by atoms with Gasteiger partial charge in [0.2, 0.25) is 0 Å². The minimum atomic E-state index is -4.79. The molecule has 2 heterocycles. The number of nitrogens with zero attached hydrogens (tertiary/aromatic N) is 2. The molecular weight excluding hydrogens is 475 g/mol. The van der Waals surface area contributed by atoms with Gasteiger partial charge in [-0.05, 0) is 62.6 Å². The molecule has 1 aliphatic heterocycles. The van der Waals surface area contributed by atoms with Crippen LogP contribution in [0.1, 0.15) is 39.3 Å². The van der Waals surface area contributed by atoms with E-state index in [1.54, 1.807) is 32.9 Å². The summed E-state index contributed by atoms with van der Waals surface area (Å²) in [5.41, 5.74) is 0.828. The van der Waals surface area contributed by atoms with E-state index >= 15 is 0 Å². The highest BCUT2D eigenvalue weighted by Crippen LogP contribution is 2.34. The summed E-state index contributed by atoms with van der Waals surface area (Å²) in [6.07, 6.45) is -5.05. The van der Waals surface area contributed by atoms with Gasteiger partial charge in [-0.25, -0.2) is 13.6 Å². The number of hydrogen-bond donors (Lipinski definition) is 0. The van der Waals surface area contributed by atoms with Crippen molar-refractivity contribution < 1.29 is 41.0 Å². The van der Waals surface area contributed by atoms with Crippen LogP contribution in [0.5, 0.6) is 5.75 Å². The second-order valence-electron chi connectivity index (χ2n) is 9.26. The number of carbonyl (C=O) groups excluding carboxylic acids is 2. The number of benzene rings is 1. The number of amides is 1.